The smallest absolute Gasteiger partial charge is 0.185 e. The lowest BCUT2D eigenvalue weighted by Gasteiger charge is -2.04. The van der Waals surface area contributed by atoms with Crippen molar-refractivity contribution in [2.75, 3.05) is 7.11 Å². The molecule has 0 aliphatic rings. The SMILES string of the molecule is COc1ccc(C(=O)/C=C/c2ccccc2)cc1Br. The molecule has 2 aromatic rings. The molecule has 0 amide bonds. The third kappa shape index (κ3) is 3.55. The maximum absolute atomic E-state index is 12.0. The Bertz CT molecular complexity index is 603. The monoisotopic (exact) mass is 316 g/mol. The lowest BCUT2D eigenvalue weighted by molar-refractivity contribution is 0.104. The molecule has 2 rings (SSSR count). The molecule has 0 heterocycles. The van der Waals surface area contributed by atoms with Crippen LogP contribution < -0.4 is 4.74 Å². The van der Waals surface area contributed by atoms with E-state index in [1.165, 1.54) is 0 Å². The molecule has 0 radical (unpaired) electrons. The molecule has 0 saturated heterocycles. The second-order valence-corrected chi connectivity index (χ2v) is 4.81. The minimum absolute atomic E-state index is 0.0350. The lowest BCUT2D eigenvalue weighted by atomic mass is 10.1. The summed E-state index contributed by atoms with van der Waals surface area (Å²) in [5.41, 5.74) is 1.63. The third-order valence-electron chi connectivity index (χ3n) is 2.66. The van der Waals surface area contributed by atoms with Gasteiger partial charge in [-0.25, -0.2) is 0 Å². The Kier molecular flexibility index (Phi) is 4.53. The normalized spacial score (nSPS) is 10.6. The van der Waals surface area contributed by atoms with E-state index in [0.29, 0.717) is 11.3 Å². The van der Waals surface area contributed by atoms with Crippen molar-refractivity contribution in [3.8, 4) is 5.75 Å². The van der Waals surface area contributed by atoms with Crippen molar-refractivity contribution in [1.29, 1.82) is 0 Å². The molecule has 96 valence electrons. The molecule has 0 aromatic heterocycles. The van der Waals surface area contributed by atoms with Gasteiger partial charge in [-0.3, -0.25) is 4.79 Å². The summed E-state index contributed by atoms with van der Waals surface area (Å²) in [5.74, 6) is 0.677. The summed E-state index contributed by atoms with van der Waals surface area (Å²) < 4.78 is 5.90. The number of ketones is 1. The molecule has 0 unspecified atom stereocenters. The second kappa shape index (κ2) is 6.34. The van der Waals surface area contributed by atoms with Gasteiger partial charge in [0.25, 0.3) is 0 Å². The van der Waals surface area contributed by atoms with Crippen LogP contribution in [0.2, 0.25) is 0 Å². The van der Waals surface area contributed by atoms with Gasteiger partial charge < -0.3 is 4.74 Å². The zero-order valence-electron chi connectivity index (χ0n) is 10.5. The van der Waals surface area contributed by atoms with Crippen molar-refractivity contribution in [3.63, 3.8) is 0 Å². The zero-order valence-corrected chi connectivity index (χ0v) is 12.1. The maximum atomic E-state index is 12.0. The highest BCUT2D eigenvalue weighted by Gasteiger charge is 2.06. The molecule has 0 bridgehead atoms. The van der Waals surface area contributed by atoms with Crippen LogP contribution in [0.1, 0.15) is 15.9 Å². The van der Waals surface area contributed by atoms with E-state index in [1.54, 1.807) is 37.5 Å². The highest BCUT2D eigenvalue weighted by Crippen LogP contribution is 2.25. The second-order valence-electron chi connectivity index (χ2n) is 3.96. The molecule has 2 aromatic carbocycles. The van der Waals surface area contributed by atoms with E-state index in [9.17, 15) is 4.79 Å². The van der Waals surface area contributed by atoms with Crippen molar-refractivity contribution in [3.05, 3.63) is 70.2 Å². The van der Waals surface area contributed by atoms with Crippen molar-refractivity contribution in [2.45, 2.75) is 0 Å². The number of benzene rings is 2. The molecule has 0 saturated carbocycles. The van der Waals surface area contributed by atoms with E-state index in [-0.39, 0.29) is 5.78 Å². The van der Waals surface area contributed by atoms with Crippen molar-refractivity contribution in [2.24, 2.45) is 0 Å². The number of allylic oxidation sites excluding steroid dienone is 1. The number of carbonyl (C=O) groups excluding carboxylic acids is 1. The number of hydrogen-bond donors (Lipinski definition) is 0. The van der Waals surface area contributed by atoms with Gasteiger partial charge in [-0.1, -0.05) is 36.4 Å². The number of halogens is 1. The number of hydrogen-bond acceptors (Lipinski definition) is 2. The van der Waals surface area contributed by atoms with Crippen molar-refractivity contribution < 1.29 is 9.53 Å². The van der Waals surface area contributed by atoms with Crippen molar-refractivity contribution >= 4 is 27.8 Å². The number of methoxy groups -OCH3 is 1. The highest BCUT2D eigenvalue weighted by atomic mass is 79.9. The van der Waals surface area contributed by atoms with Crippen LogP contribution in [0.4, 0.5) is 0 Å². The average Bonchev–Trinajstić information content (AvgIpc) is 2.45. The van der Waals surface area contributed by atoms with Gasteiger partial charge in [0.15, 0.2) is 5.78 Å². The van der Waals surface area contributed by atoms with Gasteiger partial charge >= 0.3 is 0 Å². The Morgan fingerprint density at radius 2 is 1.89 bits per heavy atom. The summed E-state index contributed by atoms with van der Waals surface area (Å²) in [5, 5.41) is 0. The molecule has 3 heteroatoms. The summed E-state index contributed by atoms with van der Waals surface area (Å²) in [4.78, 5) is 12.0. The summed E-state index contributed by atoms with van der Waals surface area (Å²) in [7, 11) is 1.59. The topological polar surface area (TPSA) is 26.3 Å². The summed E-state index contributed by atoms with van der Waals surface area (Å²) in [6.45, 7) is 0. The molecule has 0 atom stereocenters. The fourth-order valence-corrected chi connectivity index (χ4v) is 2.19. The predicted octanol–water partition coefficient (Wildman–Crippen LogP) is 4.35. The first-order chi connectivity index (χ1) is 9.20. The van der Waals surface area contributed by atoms with Gasteiger partial charge in [0, 0.05) is 5.56 Å². The fourth-order valence-electron chi connectivity index (χ4n) is 1.65. The van der Waals surface area contributed by atoms with Crippen LogP contribution in [0.15, 0.2) is 59.1 Å². The molecule has 0 aliphatic heterocycles. The van der Waals surface area contributed by atoms with Crippen molar-refractivity contribution in [1.82, 2.24) is 0 Å². The van der Waals surface area contributed by atoms with Gasteiger partial charge in [0.2, 0.25) is 0 Å². The van der Waals surface area contributed by atoms with Crippen LogP contribution in [0.25, 0.3) is 6.08 Å². The lowest BCUT2D eigenvalue weighted by Crippen LogP contribution is -1.95. The molecule has 2 nitrogen and oxygen atoms in total. The van der Waals surface area contributed by atoms with Gasteiger partial charge in [0.05, 0.1) is 11.6 Å². The van der Waals surface area contributed by atoms with Crippen LogP contribution in [-0.2, 0) is 0 Å². The Hall–Kier alpha value is -1.87. The van der Waals surface area contributed by atoms with Crippen LogP contribution in [0.3, 0.4) is 0 Å². The Labute approximate surface area is 120 Å². The molecular weight excluding hydrogens is 304 g/mol. The summed E-state index contributed by atoms with van der Waals surface area (Å²) in [6.07, 6.45) is 3.38. The Morgan fingerprint density at radius 3 is 2.53 bits per heavy atom. The van der Waals surface area contributed by atoms with E-state index < -0.39 is 0 Å². The zero-order chi connectivity index (χ0) is 13.7. The van der Waals surface area contributed by atoms with E-state index in [2.05, 4.69) is 15.9 Å². The minimum atomic E-state index is -0.0350. The predicted molar refractivity (Wildman–Crippen MR) is 80.5 cm³/mol. The van der Waals surface area contributed by atoms with E-state index in [1.807, 2.05) is 30.3 Å². The first-order valence-corrected chi connectivity index (χ1v) is 6.61. The van der Waals surface area contributed by atoms with E-state index in [4.69, 9.17) is 4.74 Å². The van der Waals surface area contributed by atoms with Crippen LogP contribution >= 0.6 is 15.9 Å². The minimum Gasteiger partial charge on any atom is -0.496 e. The number of carbonyl (C=O) groups is 1. The van der Waals surface area contributed by atoms with Crippen LogP contribution in [0.5, 0.6) is 5.75 Å². The van der Waals surface area contributed by atoms with E-state index in [0.717, 1.165) is 10.0 Å². The van der Waals surface area contributed by atoms with Gasteiger partial charge in [-0.05, 0) is 45.8 Å². The molecular formula is C16H13BrO2. The Balaban J connectivity index is 2.16. The quantitative estimate of drug-likeness (QED) is 0.619. The largest absolute Gasteiger partial charge is 0.496 e. The van der Waals surface area contributed by atoms with Gasteiger partial charge in [-0.15, -0.1) is 0 Å². The number of rotatable bonds is 4. The Morgan fingerprint density at radius 1 is 1.16 bits per heavy atom. The maximum Gasteiger partial charge on any atom is 0.185 e. The van der Waals surface area contributed by atoms with Gasteiger partial charge in [-0.2, -0.15) is 0 Å². The first kappa shape index (κ1) is 13.6. The van der Waals surface area contributed by atoms with E-state index >= 15 is 0 Å². The summed E-state index contributed by atoms with van der Waals surface area (Å²) in [6, 6.07) is 15.0. The average molecular weight is 317 g/mol. The molecule has 0 spiro atoms. The third-order valence-corrected chi connectivity index (χ3v) is 3.28. The fraction of sp³-hybridized carbons (Fsp3) is 0.0625. The summed E-state index contributed by atoms with van der Waals surface area (Å²) >= 11 is 3.37. The molecule has 19 heavy (non-hydrogen) atoms. The number of ether oxygens (including phenoxy) is 1. The van der Waals surface area contributed by atoms with Crippen LogP contribution in [-0.4, -0.2) is 12.9 Å². The molecule has 0 N–H and O–H groups in total. The highest BCUT2D eigenvalue weighted by molar-refractivity contribution is 9.10. The first-order valence-electron chi connectivity index (χ1n) is 5.81. The van der Waals surface area contributed by atoms with Crippen LogP contribution in [0, 0.1) is 0 Å². The molecule has 0 aliphatic carbocycles. The molecule has 0 fully saturated rings. The van der Waals surface area contributed by atoms with Gasteiger partial charge in [0.1, 0.15) is 5.75 Å². The standard InChI is InChI=1S/C16H13BrO2/c1-19-16-10-8-13(11-14(16)17)15(18)9-7-12-5-3-2-4-6-12/h2-11H,1H3/b9-7+.